The predicted molar refractivity (Wildman–Crippen MR) is 105 cm³/mol. The highest BCUT2D eigenvalue weighted by Crippen LogP contribution is 2.19. The molecule has 1 heterocycles. The van der Waals surface area contributed by atoms with Gasteiger partial charge in [0.15, 0.2) is 0 Å². The molecule has 3 rings (SSSR count). The molecule has 8 heteroatoms. The van der Waals surface area contributed by atoms with Crippen molar-refractivity contribution in [2.75, 3.05) is 18.4 Å². The summed E-state index contributed by atoms with van der Waals surface area (Å²) in [7, 11) is 0. The van der Waals surface area contributed by atoms with Crippen molar-refractivity contribution in [2.45, 2.75) is 25.8 Å². The molecule has 8 nitrogen and oxygen atoms in total. The second-order valence-electron chi connectivity index (χ2n) is 6.79. The van der Waals surface area contributed by atoms with Crippen LogP contribution < -0.4 is 10.6 Å². The summed E-state index contributed by atoms with van der Waals surface area (Å²) in [6, 6.07) is 13.4. The van der Waals surface area contributed by atoms with Gasteiger partial charge in [0.1, 0.15) is 0 Å². The summed E-state index contributed by atoms with van der Waals surface area (Å²) in [6.45, 7) is 2.70. The van der Waals surface area contributed by atoms with Crippen molar-refractivity contribution in [2.24, 2.45) is 0 Å². The summed E-state index contributed by atoms with van der Waals surface area (Å²) >= 11 is 0. The van der Waals surface area contributed by atoms with Gasteiger partial charge in [-0.25, -0.2) is 4.79 Å². The molecule has 1 aliphatic rings. The van der Waals surface area contributed by atoms with Crippen molar-refractivity contribution in [1.29, 1.82) is 0 Å². The number of piperidine rings is 1. The molecular weight excluding hydrogens is 360 g/mol. The average molecular weight is 382 g/mol. The number of anilines is 1. The summed E-state index contributed by atoms with van der Waals surface area (Å²) in [6.07, 6.45) is 1.31. The molecule has 28 heavy (non-hydrogen) atoms. The number of hydrogen-bond acceptors (Lipinski definition) is 4. The maximum absolute atomic E-state index is 12.4. The van der Waals surface area contributed by atoms with E-state index >= 15 is 0 Å². The molecule has 0 atom stereocenters. The van der Waals surface area contributed by atoms with Crippen LogP contribution in [0.25, 0.3) is 0 Å². The van der Waals surface area contributed by atoms with Crippen LogP contribution in [0.4, 0.5) is 16.2 Å². The van der Waals surface area contributed by atoms with Gasteiger partial charge in [-0.1, -0.05) is 18.2 Å². The molecule has 0 unspecified atom stereocenters. The monoisotopic (exact) mass is 382 g/mol. The minimum Gasteiger partial charge on any atom is -0.349 e. The number of nitrogens with zero attached hydrogens (tertiary/aromatic N) is 2. The molecule has 0 saturated carbocycles. The van der Waals surface area contributed by atoms with Crippen molar-refractivity contribution in [3.8, 4) is 0 Å². The van der Waals surface area contributed by atoms with Crippen LogP contribution in [0.15, 0.2) is 48.5 Å². The Bertz CT molecular complexity index is 877. The first-order valence-corrected chi connectivity index (χ1v) is 9.11. The highest BCUT2D eigenvalue weighted by molar-refractivity contribution is 5.95. The van der Waals surface area contributed by atoms with Crippen LogP contribution in [0.3, 0.4) is 0 Å². The zero-order chi connectivity index (χ0) is 20.1. The van der Waals surface area contributed by atoms with E-state index in [0.717, 1.165) is 5.69 Å². The first-order valence-electron chi connectivity index (χ1n) is 9.11. The number of carbonyl (C=O) groups excluding carboxylic acids is 2. The van der Waals surface area contributed by atoms with Crippen molar-refractivity contribution in [3.05, 3.63) is 69.8 Å². The molecular formula is C20H22N4O4. The molecule has 0 aromatic heterocycles. The molecule has 1 fully saturated rings. The lowest BCUT2D eigenvalue weighted by molar-refractivity contribution is -0.385. The third-order valence-corrected chi connectivity index (χ3v) is 4.80. The molecule has 2 aromatic carbocycles. The van der Waals surface area contributed by atoms with Gasteiger partial charge in [0.2, 0.25) is 0 Å². The Morgan fingerprint density at radius 3 is 2.39 bits per heavy atom. The number of aryl methyl sites for hydroxylation is 1. The van der Waals surface area contributed by atoms with E-state index in [9.17, 15) is 19.7 Å². The van der Waals surface area contributed by atoms with Gasteiger partial charge in [0.05, 0.1) is 4.92 Å². The van der Waals surface area contributed by atoms with Gasteiger partial charge in [-0.3, -0.25) is 14.9 Å². The topological polar surface area (TPSA) is 105 Å². The Hall–Kier alpha value is -3.42. The van der Waals surface area contributed by atoms with Gasteiger partial charge in [-0.2, -0.15) is 0 Å². The number of carbonyl (C=O) groups is 2. The second-order valence-corrected chi connectivity index (χ2v) is 6.79. The predicted octanol–water partition coefficient (Wildman–Crippen LogP) is 3.33. The number of nitrogens with one attached hydrogen (secondary N) is 2. The zero-order valence-electron chi connectivity index (χ0n) is 15.6. The van der Waals surface area contributed by atoms with Crippen molar-refractivity contribution in [3.63, 3.8) is 0 Å². The van der Waals surface area contributed by atoms with Gasteiger partial charge >= 0.3 is 6.03 Å². The van der Waals surface area contributed by atoms with Gasteiger partial charge in [0.25, 0.3) is 11.6 Å². The SMILES string of the molecule is Cc1cc(C(=O)NC2CCN(C(=O)Nc3ccccc3)CC2)ccc1[N+](=O)[O-]. The van der Waals surface area contributed by atoms with E-state index in [2.05, 4.69) is 10.6 Å². The quantitative estimate of drug-likeness (QED) is 0.625. The minimum absolute atomic E-state index is 0.00529. The molecule has 146 valence electrons. The number of amides is 3. The van der Waals surface area contributed by atoms with E-state index < -0.39 is 4.92 Å². The molecule has 2 N–H and O–H groups in total. The lowest BCUT2D eigenvalue weighted by atomic mass is 10.0. The Kier molecular flexibility index (Phi) is 5.88. The van der Waals surface area contributed by atoms with Gasteiger partial charge in [0, 0.05) is 42.0 Å². The van der Waals surface area contributed by atoms with Crippen LogP contribution in [0.1, 0.15) is 28.8 Å². The molecule has 3 amide bonds. The van der Waals surface area contributed by atoms with E-state index in [1.165, 1.54) is 18.2 Å². The van der Waals surface area contributed by atoms with Gasteiger partial charge in [-0.15, -0.1) is 0 Å². The van der Waals surface area contributed by atoms with E-state index in [-0.39, 0.29) is 23.7 Å². The third-order valence-electron chi connectivity index (χ3n) is 4.80. The van der Waals surface area contributed by atoms with Crippen LogP contribution in [0.2, 0.25) is 0 Å². The largest absolute Gasteiger partial charge is 0.349 e. The van der Waals surface area contributed by atoms with Crippen LogP contribution in [-0.4, -0.2) is 40.9 Å². The van der Waals surface area contributed by atoms with Crippen LogP contribution in [-0.2, 0) is 0 Å². The van der Waals surface area contributed by atoms with Gasteiger partial charge < -0.3 is 15.5 Å². The van der Waals surface area contributed by atoms with E-state index in [1.54, 1.807) is 11.8 Å². The highest BCUT2D eigenvalue weighted by atomic mass is 16.6. The smallest absolute Gasteiger partial charge is 0.321 e. The Morgan fingerprint density at radius 1 is 1.11 bits per heavy atom. The fourth-order valence-electron chi connectivity index (χ4n) is 3.22. The molecule has 1 aliphatic heterocycles. The summed E-state index contributed by atoms with van der Waals surface area (Å²) in [5.41, 5.74) is 1.59. The summed E-state index contributed by atoms with van der Waals surface area (Å²) in [5.74, 6) is -0.259. The third kappa shape index (κ3) is 4.64. The maximum Gasteiger partial charge on any atom is 0.321 e. The minimum atomic E-state index is -0.465. The summed E-state index contributed by atoms with van der Waals surface area (Å²) < 4.78 is 0. The van der Waals surface area contributed by atoms with E-state index in [0.29, 0.717) is 37.1 Å². The standard InChI is InChI=1S/C20H22N4O4/c1-14-13-15(7-8-18(14)24(27)28)19(25)21-17-9-11-23(12-10-17)20(26)22-16-5-3-2-4-6-16/h2-8,13,17H,9-12H2,1H3,(H,21,25)(H,22,26). The molecule has 0 radical (unpaired) electrons. The fourth-order valence-corrected chi connectivity index (χ4v) is 3.22. The highest BCUT2D eigenvalue weighted by Gasteiger charge is 2.24. The zero-order valence-corrected chi connectivity index (χ0v) is 15.6. The van der Waals surface area contributed by atoms with Crippen molar-refractivity contribution in [1.82, 2.24) is 10.2 Å². The fraction of sp³-hybridized carbons (Fsp3) is 0.300. The first-order chi connectivity index (χ1) is 13.4. The number of rotatable bonds is 4. The molecule has 2 aromatic rings. The first kappa shape index (κ1) is 19.3. The Balaban J connectivity index is 1.51. The van der Waals surface area contributed by atoms with Gasteiger partial charge in [-0.05, 0) is 44.0 Å². The number of nitro groups is 1. The summed E-state index contributed by atoms with van der Waals surface area (Å²) in [5, 5.41) is 16.7. The van der Waals surface area contributed by atoms with Crippen LogP contribution in [0.5, 0.6) is 0 Å². The number of likely N-dealkylation sites (tertiary alicyclic amines) is 1. The molecule has 0 bridgehead atoms. The number of hydrogen-bond donors (Lipinski definition) is 2. The van der Waals surface area contributed by atoms with Crippen molar-refractivity contribution >= 4 is 23.3 Å². The molecule has 0 aliphatic carbocycles. The van der Waals surface area contributed by atoms with Crippen molar-refractivity contribution < 1.29 is 14.5 Å². The number of para-hydroxylation sites is 1. The molecule has 0 spiro atoms. The summed E-state index contributed by atoms with van der Waals surface area (Å²) in [4.78, 5) is 36.9. The Labute approximate surface area is 162 Å². The van der Waals surface area contributed by atoms with Crippen LogP contribution in [0, 0.1) is 17.0 Å². The Morgan fingerprint density at radius 2 is 1.79 bits per heavy atom. The molecule has 1 saturated heterocycles. The maximum atomic E-state index is 12.4. The number of nitro benzene ring substituents is 1. The second kappa shape index (κ2) is 8.51. The van der Waals surface area contributed by atoms with Crippen LogP contribution >= 0.6 is 0 Å². The normalized spacial score (nSPS) is 14.4. The van der Waals surface area contributed by atoms with E-state index in [4.69, 9.17) is 0 Å². The lowest BCUT2D eigenvalue weighted by Crippen LogP contribution is -2.47. The lowest BCUT2D eigenvalue weighted by Gasteiger charge is -2.32. The number of benzene rings is 2. The number of urea groups is 1. The average Bonchev–Trinajstić information content (AvgIpc) is 2.69. The van der Waals surface area contributed by atoms with E-state index in [1.807, 2.05) is 30.3 Å².